The zero-order chi connectivity index (χ0) is 14.4. The molecule has 0 aliphatic rings. The first kappa shape index (κ1) is 15.2. The second-order valence-corrected chi connectivity index (χ2v) is 4.17. The zero-order valence-corrected chi connectivity index (χ0v) is 11.7. The first-order valence-corrected chi connectivity index (χ1v) is 5.92. The Bertz CT molecular complexity index is 500. The molecule has 0 atom stereocenters. The summed E-state index contributed by atoms with van der Waals surface area (Å²) in [7, 11) is 3.05. The summed E-state index contributed by atoms with van der Waals surface area (Å²) in [6.45, 7) is 1.89. The van der Waals surface area contributed by atoms with Crippen molar-refractivity contribution in [1.82, 2.24) is 0 Å². The van der Waals surface area contributed by atoms with Gasteiger partial charge in [-0.05, 0) is 6.92 Å². The summed E-state index contributed by atoms with van der Waals surface area (Å²) in [5, 5.41) is 12.2. The van der Waals surface area contributed by atoms with Gasteiger partial charge in [-0.1, -0.05) is 17.7 Å². The Hall–Kier alpha value is -1.88. The quantitative estimate of drug-likeness (QED) is 0.787. The van der Waals surface area contributed by atoms with Crippen molar-refractivity contribution in [1.29, 1.82) is 0 Å². The molecule has 1 aromatic carbocycles. The smallest absolute Gasteiger partial charge is 0.331 e. The van der Waals surface area contributed by atoms with Crippen LogP contribution >= 0.6 is 11.6 Å². The lowest BCUT2D eigenvalue weighted by Crippen LogP contribution is -2.04. The number of anilines is 1. The molecule has 0 spiro atoms. The van der Waals surface area contributed by atoms with Gasteiger partial charge < -0.3 is 19.9 Å². The largest absolute Gasteiger partial charge is 0.495 e. The van der Waals surface area contributed by atoms with Gasteiger partial charge in [0.2, 0.25) is 0 Å². The average Bonchev–Trinajstić information content (AvgIpc) is 2.39. The van der Waals surface area contributed by atoms with Gasteiger partial charge >= 0.3 is 5.97 Å². The fourth-order valence-electron chi connectivity index (χ4n) is 1.40. The van der Waals surface area contributed by atoms with Crippen LogP contribution < -0.4 is 14.8 Å². The van der Waals surface area contributed by atoms with Crippen molar-refractivity contribution in [2.45, 2.75) is 6.92 Å². The van der Waals surface area contributed by atoms with Crippen molar-refractivity contribution in [3.05, 3.63) is 28.8 Å². The maximum Gasteiger partial charge on any atom is 0.331 e. The third kappa shape index (κ3) is 4.06. The van der Waals surface area contributed by atoms with E-state index in [1.54, 1.807) is 18.2 Å². The first-order valence-electron chi connectivity index (χ1n) is 5.55. The number of rotatable bonds is 6. The van der Waals surface area contributed by atoms with Crippen molar-refractivity contribution < 1.29 is 19.4 Å². The minimum Gasteiger partial charge on any atom is -0.495 e. The number of nitrogens with one attached hydrogen (secondary N) is 1. The molecule has 2 N–H and O–H groups in total. The molecule has 0 bridgehead atoms. The second kappa shape index (κ2) is 6.89. The van der Waals surface area contributed by atoms with Crippen molar-refractivity contribution in [3.8, 4) is 11.5 Å². The van der Waals surface area contributed by atoms with E-state index in [1.807, 2.05) is 0 Å². The Kier molecular flexibility index (Phi) is 5.51. The number of methoxy groups -OCH3 is 2. The summed E-state index contributed by atoms with van der Waals surface area (Å²) in [6.07, 6.45) is 1.57. The van der Waals surface area contributed by atoms with Crippen LogP contribution in [0.25, 0.3) is 0 Å². The van der Waals surface area contributed by atoms with Gasteiger partial charge in [-0.15, -0.1) is 0 Å². The summed E-state index contributed by atoms with van der Waals surface area (Å²) in [5.74, 6) is 0.138. The number of benzene rings is 1. The van der Waals surface area contributed by atoms with Crippen LogP contribution in [0.2, 0.25) is 5.02 Å². The normalized spacial score (nSPS) is 11.1. The van der Waals surface area contributed by atoms with Gasteiger partial charge in [0.1, 0.15) is 11.5 Å². The highest BCUT2D eigenvalue weighted by Crippen LogP contribution is 2.35. The number of aliphatic carboxylic acids is 1. The van der Waals surface area contributed by atoms with Crippen molar-refractivity contribution >= 4 is 23.3 Å². The predicted octanol–water partition coefficient (Wildman–Crippen LogP) is 2.80. The molecule has 104 valence electrons. The second-order valence-electron chi connectivity index (χ2n) is 3.76. The van der Waals surface area contributed by atoms with E-state index in [2.05, 4.69) is 5.32 Å². The number of hydrogen-bond acceptors (Lipinski definition) is 4. The maximum atomic E-state index is 10.7. The van der Waals surface area contributed by atoms with E-state index in [-0.39, 0.29) is 5.57 Å². The number of halogens is 1. The molecule has 19 heavy (non-hydrogen) atoms. The van der Waals surface area contributed by atoms with Crippen LogP contribution in [0.4, 0.5) is 5.69 Å². The number of carboxylic acid groups (broad SMARTS) is 1. The van der Waals surface area contributed by atoms with E-state index in [4.69, 9.17) is 26.2 Å². The molecule has 0 radical (unpaired) electrons. The maximum absolute atomic E-state index is 10.7. The summed E-state index contributed by atoms with van der Waals surface area (Å²) in [6, 6.07) is 3.33. The summed E-state index contributed by atoms with van der Waals surface area (Å²) >= 11 is 5.98. The van der Waals surface area contributed by atoms with E-state index in [1.165, 1.54) is 21.1 Å². The lowest BCUT2D eigenvalue weighted by atomic mass is 10.2. The van der Waals surface area contributed by atoms with Gasteiger partial charge in [-0.3, -0.25) is 0 Å². The Morgan fingerprint density at radius 1 is 1.37 bits per heavy atom. The van der Waals surface area contributed by atoms with Crippen LogP contribution in [0.1, 0.15) is 6.92 Å². The third-order valence-corrected chi connectivity index (χ3v) is 2.81. The lowest BCUT2D eigenvalue weighted by Gasteiger charge is -2.13. The van der Waals surface area contributed by atoms with Gasteiger partial charge in [0, 0.05) is 24.3 Å². The molecule has 0 saturated heterocycles. The van der Waals surface area contributed by atoms with Crippen LogP contribution in [-0.4, -0.2) is 31.8 Å². The van der Waals surface area contributed by atoms with Gasteiger partial charge in [0.25, 0.3) is 0 Å². The SMILES string of the molecule is COc1cc(NC/C=C(/C)C(=O)O)c(OC)cc1Cl. The highest BCUT2D eigenvalue weighted by Gasteiger charge is 2.09. The van der Waals surface area contributed by atoms with E-state index >= 15 is 0 Å². The zero-order valence-electron chi connectivity index (χ0n) is 11.0. The van der Waals surface area contributed by atoms with Crippen molar-refractivity contribution in [2.75, 3.05) is 26.1 Å². The topological polar surface area (TPSA) is 67.8 Å². The highest BCUT2D eigenvalue weighted by atomic mass is 35.5. The summed E-state index contributed by atoms with van der Waals surface area (Å²) < 4.78 is 10.3. The molecule has 0 saturated carbocycles. The molecule has 0 fully saturated rings. The van der Waals surface area contributed by atoms with E-state index in [0.717, 1.165) is 0 Å². The van der Waals surface area contributed by atoms with Gasteiger partial charge in [0.05, 0.1) is 24.9 Å². The first-order chi connectivity index (χ1) is 8.99. The van der Waals surface area contributed by atoms with Crippen LogP contribution in [0.15, 0.2) is 23.8 Å². The molecule has 1 rings (SSSR count). The highest BCUT2D eigenvalue weighted by molar-refractivity contribution is 6.32. The molecule has 0 aromatic heterocycles. The van der Waals surface area contributed by atoms with E-state index < -0.39 is 5.97 Å². The van der Waals surface area contributed by atoms with Gasteiger partial charge in [-0.2, -0.15) is 0 Å². The lowest BCUT2D eigenvalue weighted by molar-refractivity contribution is -0.132. The van der Waals surface area contributed by atoms with Crippen molar-refractivity contribution in [3.63, 3.8) is 0 Å². The monoisotopic (exact) mass is 285 g/mol. The number of ether oxygens (including phenoxy) is 2. The van der Waals surface area contributed by atoms with Crippen LogP contribution in [0, 0.1) is 0 Å². The molecular formula is C13H16ClNO4. The average molecular weight is 286 g/mol. The predicted molar refractivity (Wildman–Crippen MR) is 74.4 cm³/mol. The Morgan fingerprint density at radius 2 is 2.00 bits per heavy atom. The molecule has 0 heterocycles. The third-order valence-electron chi connectivity index (χ3n) is 2.51. The van der Waals surface area contributed by atoms with Crippen LogP contribution in [0.3, 0.4) is 0 Å². The Labute approximate surface area is 116 Å². The Balaban J connectivity index is 2.88. The molecule has 0 aliphatic heterocycles. The molecule has 0 unspecified atom stereocenters. The molecule has 5 nitrogen and oxygen atoms in total. The van der Waals surface area contributed by atoms with Crippen LogP contribution in [-0.2, 0) is 4.79 Å². The standard InChI is InChI=1S/C13H16ClNO4/c1-8(13(16)17)4-5-15-10-7-11(18-2)9(14)6-12(10)19-3/h4,6-7,15H,5H2,1-3H3,(H,16,17)/b8-4-. The number of carboxylic acids is 1. The molecule has 0 aliphatic carbocycles. The molecule has 6 heteroatoms. The minimum atomic E-state index is -0.942. The molecule has 1 aromatic rings. The summed E-state index contributed by atoms with van der Waals surface area (Å²) in [5.41, 5.74) is 0.950. The number of carbonyl (C=O) groups is 1. The molecular weight excluding hydrogens is 270 g/mol. The fourth-order valence-corrected chi connectivity index (χ4v) is 1.63. The van der Waals surface area contributed by atoms with E-state index in [9.17, 15) is 4.79 Å². The minimum absolute atomic E-state index is 0.271. The number of hydrogen-bond donors (Lipinski definition) is 2. The van der Waals surface area contributed by atoms with Crippen LogP contribution in [0.5, 0.6) is 11.5 Å². The van der Waals surface area contributed by atoms with E-state index in [0.29, 0.717) is 28.8 Å². The van der Waals surface area contributed by atoms with Gasteiger partial charge in [-0.25, -0.2) is 4.79 Å². The Morgan fingerprint density at radius 3 is 2.53 bits per heavy atom. The van der Waals surface area contributed by atoms with Gasteiger partial charge in [0.15, 0.2) is 0 Å². The fraction of sp³-hybridized carbons (Fsp3) is 0.308. The van der Waals surface area contributed by atoms with Crippen molar-refractivity contribution in [2.24, 2.45) is 0 Å². The summed E-state index contributed by atoms with van der Waals surface area (Å²) in [4.78, 5) is 10.7. The molecule has 0 amide bonds.